The minimum atomic E-state index is -1.16. The van der Waals surface area contributed by atoms with Gasteiger partial charge in [-0.2, -0.15) is 0 Å². The van der Waals surface area contributed by atoms with E-state index in [1.165, 1.54) is 12.1 Å². The number of halogens is 2. The van der Waals surface area contributed by atoms with Crippen LogP contribution in [0.15, 0.2) is 66.7 Å². The van der Waals surface area contributed by atoms with E-state index in [9.17, 15) is 13.6 Å². The highest BCUT2D eigenvalue weighted by atomic mass is 19.2. The summed E-state index contributed by atoms with van der Waals surface area (Å²) >= 11 is 0. The van der Waals surface area contributed by atoms with E-state index in [0.717, 1.165) is 28.6 Å². The van der Waals surface area contributed by atoms with Gasteiger partial charge in [-0.15, -0.1) is 0 Å². The molecular weight excluding hydrogens is 372 g/mol. The van der Waals surface area contributed by atoms with Gasteiger partial charge in [0, 0.05) is 17.3 Å². The molecular formula is C23H19F2N3O. The molecule has 1 heterocycles. The summed E-state index contributed by atoms with van der Waals surface area (Å²) in [5.74, 6) is -1.76. The third kappa shape index (κ3) is 3.49. The number of aromatic nitrogens is 2. The summed E-state index contributed by atoms with van der Waals surface area (Å²) < 4.78 is 29.3. The molecule has 0 saturated carbocycles. The van der Waals surface area contributed by atoms with Gasteiger partial charge < -0.3 is 5.32 Å². The Morgan fingerprint density at radius 1 is 0.966 bits per heavy atom. The van der Waals surface area contributed by atoms with Crippen molar-refractivity contribution in [1.82, 2.24) is 9.55 Å². The monoisotopic (exact) mass is 391 g/mol. The molecule has 0 saturated heterocycles. The van der Waals surface area contributed by atoms with Crippen molar-refractivity contribution < 1.29 is 13.6 Å². The molecule has 0 radical (unpaired) electrons. The van der Waals surface area contributed by atoms with Crippen molar-refractivity contribution in [3.63, 3.8) is 0 Å². The first-order chi connectivity index (χ1) is 14.0. The quantitative estimate of drug-likeness (QED) is 0.487. The van der Waals surface area contributed by atoms with E-state index in [0.29, 0.717) is 5.69 Å². The van der Waals surface area contributed by atoms with Crippen molar-refractivity contribution in [3.05, 3.63) is 89.8 Å². The highest BCUT2D eigenvalue weighted by molar-refractivity contribution is 6.04. The lowest BCUT2D eigenvalue weighted by molar-refractivity contribution is 0.102. The SMILES string of the molecule is CC(C)c1nc2ccccc2n1-c1ccc(NC(=O)c2cccc(F)c2F)cc1. The van der Waals surface area contributed by atoms with Gasteiger partial charge >= 0.3 is 0 Å². The maximum Gasteiger partial charge on any atom is 0.258 e. The number of fused-ring (bicyclic) bond motifs is 1. The molecule has 1 aromatic heterocycles. The fourth-order valence-electron chi connectivity index (χ4n) is 3.27. The highest BCUT2D eigenvalue weighted by Crippen LogP contribution is 2.27. The summed E-state index contributed by atoms with van der Waals surface area (Å²) in [5, 5.41) is 2.60. The number of amides is 1. The molecule has 0 fully saturated rings. The Morgan fingerprint density at radius 3 is 2.41 bits per heavy atom. The molecule has 3 aromatic carbocycles. The molecule has 1 amide bonds. The highest BCUT2D eigenvalue weighted by Gasteiger charge is 2.17. The Labute approximate surface area is 166 Å². The lowest BCUT2D eigenvalue weighted by Gasteiger charge is -2.13. The Hall–Kier alpha value is -3.54. The number of benzene rings is 3. The van der Waals surface area contributed by atoms with E-state index in [1.807, 2.05) is 36.4 Å². The standard InChI is InChI=1S/C23H19F2N3O/c1-14(2)22-27-19-8-3-4-9-20(19)28(22)16-12-10-15(11-13-16)26-23(29)17-6-5-7-18(24)21(17)25/h3-14H,1-2H3,(H,26,29). The van der Waals surface area contributed by atoms with Gasteiger partial charge in [-0.05, 0) is 48.5 Å². The number of imidazole rings is 1. The van der Waals surface area contributed by atoms with Gasteiger partial charge in [-0.25, -0.2) is 13.8 Å². The van der Waals surface area contributed by atoms with Gasteiger partial charge in [0.25, 0.3) is 5.91 Å². The largest absolute Gasteiger partial charge is 0.322 e. The van der Waals surface area contributed by atoms with E-state index in [1.54, 1.807) is 12.1 Å². The Morgan fingerprint density at radius 2 is 1.69 bits per heavy atom. The van der Waals surface area contributed by atoms with Crippen molar-refractivity contribution in [2.45, 2.75) is 19.8 Å². The summed E-state index contributed by atoms with van der Waals surface area (Å²) in [4.78, 5) is 17.0. The number of hydrogen-bond acceptors (Lipinski definition) is 2. The molecule has 0 unspecified atom stereocenters. The first kappa shape index (κ1) is 18.8. The zero-order valence-corrected chi connectivity index (χ0v) is 16.0. The van der Waals surface area contributed by atoms with E-state index in [-0.39, 0.29) is 11.5 Å². The second kappa shape index (κ2) is 7.47. The first-order valence-corrected chi connectivity index (χ1v) is 9.29. The van der Waals surface area contributed by atoms with Crippen LogP contribution < -0.4 is 5.32 Å². The number of carbonyl (C=O) groups excluding carboxylic acids is 1. The summed E-state index contributed by atoms with van der Waals surface area (Å²) in [6.45, 7) is 4.17. The normalized spacial score (nSPS) is 11.2. The average molecular weight is 391 g/mol. The van der Waals surface area contributed by atoms with Gasteiger partial charge in [0.05, 0.1) is 16.6 Å². The third-order valence-corrected chi connectivity index (χ3v) is 4.68. The van der Waals surface area contributed by atoms with Crippen LogP contribution in [0, 0.1) is 11.6 Å². The van der Waals surface area contributed by atoms with Crippen LogP contribution in [0.3, 0.4) is 0 Å². The molecule has 4 nitrogen and oxygen atoms in total. The van der Waals surface area contributed by atoms with Crippen LogP contribution in [-0.4, -0.2) is 15.5 Å². The summed E-state index contributed by atoms with van der Waals surface area (Å²) in [6.07, 6.45) is 0. The second-order valence-corrected chi connectivity index (χ2v) is 7.05. The van der Waals surface area contributed by atoms with Gasteiger partial charge in [0.15, 0.2) is 11.6 Å². The molecule has 146 valence electrons. The van der Waals surface area contributed by atoms with E-state index < -0.39 is 17.5 Å². The Kier molecular flexibility index (Phi) is 4.84. The molecule has 0 bridgehead atoms. The number of anilines is 1. The van der Waals surface area contributed by atoms with Crippen LogP contribution in [0.25, 0.3) is 16.7 Å². The smallest absolute Gasteiger partial charge is 0.258 e. The van der Waals surface area contributed by atoms with Crippen molar-refractivity contribution in [2.24, 2.45) is 0 Å². The zero-order chi connectivity index (χ0) is 20.5. The van der Waals surface area contributed by atoms with E-state index in [2.05, 4.69) is 23.7 Å². The van der Waals surface area contributed by atoms with Crippen LogP contribution in [0.4, 0.5) is 14.5 Å². The number of nitrogens with zero attached hydrogens (tertiary/aromatic N) is 2. The van der Waals surface area contributed by atoms with Crippen LogP contribution >= 0.6 is 0 Å². The van der Waals surface area contributed by atoms with Gasteiger partial charge in [0.1, 0.15) is 5.82 Å². The number of carbonyl (C=O) groups is 1. The molecule has 29 heavy (non-hydrogen) atoms. The van der Waals surface area contributed by atoms with Gasteiger partial charge in [-0.1, -0.05) is 32.0 Å². The summed E-state index contributed by atoms with van der Waals surface area (Å²) in [7, 11) is 0. The molecule has 6 heteroatoms. The molecule has 0 aliphatic heterocycles. The Balaban J connectivity index is 1.65. The maximum absolute atomic E-state index is 13.8. The van der Waals surface area contributed by atoms with Crippen LogP contribution in [-0.2, 0) is 0 Å². The maximum atomic E-state index is 13.8. The van der Waals surface area contributed by atoms with Crippen LogP contribution in [0.1, 0.15) is 35.9 Å². The molecule has 4 aromatic rings. The minimum Gasteiger partial charge on any atom is -0.322 e. The van der Waals surface area contributed by atoms with Crippen molar-refractivity contribution in [1.29, 1.82) is 0 Å². The molecule has 0 aliphatic carbocycles. The number of rotatable bonds is 4. The van der Waals surface area contributed by atoms with Gasteiger partial charge in [-0.3, -0.25) is 9.36 Å². The van der Waals surface area contributed by atoms with Crippen LogP contribution in [0.2, 0.25) is 0 Å². The Bertz CT molecular complexity index is 1200. The number of nitrogens with one attached hydrogen (secondary N) is 1. The molecule has 0 aliphatic rings. The number of hydrogen-bond donors (Lipinski definition) is 1. The van der Waals surface area contributed by atoms with E-state index in [4.69, 9.17) is 4.98 Å². The molecule has 1 N–H and O–H groups in total. The number of para-hydroxylation sites is 2. The minimum absolute atomic E-state index is 0.220. The van der Waals surface area contributed by atoms with Crippen molar-refractivity contribution in [2.75, 3.05) is 5.32 Å². The van der Waals surface area contributed by atoms with Crippen LogP contribution in [0.5, 0.6) is 0 Å². The lowest BCUT2D eigenvalue weighted by Crippen LogP contribution is -2.14. The molecule has 4 rings (SSSR count). The van der Waals surface area contributed by atoms with Crippen molar-refractivity contribution >= 4 is 22.6 Å². The third-order valence-electron chi connectivity index (χ3n) is 4.68. The van der Waals surface area contributed by atoms with Gasteiger partial charge in [0.2, 0.25) is 0 Å². The summed E-state index contributed by atoms with van der Waals surface area (Å²) in [5.41, 5.74) is 2.96. The topological polar surface area (TPSA) is 46.9 Å². The second-order valence-electron chi connectivity index (χ2n) is 7.05. The molecule has 0 atom stereocenters. The van der Waals surface area contributed by atoms with Crippen molar-refractivity contribution in [3.8, 4) is 5.69 Å². The fraction of sp³-hybridized carbons (Fsp3) is 0.130. The molecule has 0 spiro atoms. The predicted octanol–water partition coefficient (Wildman–Crippen LogP) is 5.68. The fourth-order valence-corrected chi connectivity index (χ4v) is 3.27. The predicted molar refractivity (Wildman–Crippen MR) is 109 cm³/mol. The summed E-state index contributed by atoms with van der Waals surface area (Å²) in [6, 6.07) is 18.6. The first-order valence-electron chi connectivity index (χ1n) is 9.29. The van der Waals surface area contributed by atoms with E-state index >= 15 is 0 Å². The zero-order valence-electron chi connectivity index (χ0n) is 16.0. The average Bonchev–Trinajstić information content (AvgIpc) is 3.10. The lowest BCUT2D eigenvalue weighted by atomic mass is 10.1.